The van der Waals surface area contributed by atoms with E-state index in [-0.39, 0.29) is 23.9 Å². The van der Waals surface area contributed by atoms with E-state index in [0.29, 0.717) is 18.3 Å². The number of benzene rings is 1. The molecule has 2 aliphatic heterocycles. The van der Waals surface area contributed by atoms with Gasteiger partial charge in [0, 0.05) is 49.9 Å². The van der Waals surface area contributed by atoms with Crippen LogP contribution >= 0.6 is 0 Å². The van der Waals surface area contributed by atoms with Crippen LogP contribution in [-0.2, 0) is 21.4 Å². The Kier molecular flexibility index (Phi) is 6.54. The first kappa shape index (κ1) is 27.0. The van der Waals surface area contributed by atoms with Gasteiger partial charge in [-0.05, 0) is 85.5 Å². The number of carboxylic acid groups (broad SMARTS) is 1. The van der Waals surface area contributed by atoms with Gasteiger partial charge in [0.25, 0.3) is 0 Å². The third-order valence-corrected chi connectivity index (χ3v) is 11.0. The zero-order chi connectivity index (χ0) is 29.2. The monoisotopic (exact) mass is 586 g/mol. The molecule has 1 N–H and O–H groups in total. The molecule has 0 amide bonds. The van der Waals surface area contributed by atoms with Gasteiger partial charge in [0.1, 0.15) is 16.5 Å². The summed E-state index contributed by atoms with van der Waals surface area (Å²) >= 11 is 0. The van der Waals surface area contributed by atoms with E-state index in [1.54, 1.807) is 22.6 Å². The van der Waals surface area contributed by atoms with Crippen LogP contribution in [-0.4, -0.2) is 62.5 Å². The minimum Gasteiger partial charge on any atom is -0.481 e. The van der Waals surface area contributed by atoms with Crippen molar-refractivity contribution < 1.29 is 18.3 Å². The highest BCUT2D eigenvalue weighted by atomic mass is 32.2. The molecule has 0 bridgehead atoms. The van der Waals surface area contributed by atoms with E-state index < -0.39 is 21.9 Å². The lowest BCUT2D eigenvalue weighted by Gasteiger charge is -2.26. The largest absolute Gasteiger partial charge is 0.481 e. The number of aryl methyl sites for hydroxylation is 2. The number of hydrogen-bond acceptors (Lipinski definition) is 7. The van der Waals surface area contributed by atoms with Gasteiger partial charge in [0.2, 0.25) is 10.0 Å². The van der Waals surface area contributed by atoms with Crippen molar-refractivity contribution in [3.05, 3.63) is 82.4 Å². The molecular formula is C31H34N6O4S. The van der Waals surface area contributed by atoms with Gasteiger partial charge in [0.05, 0.1) is 6.42 Å². The van der Waals surface area contributed by atoms with Crippen LogP contribution in [0.15, 0.2) is 53.7 Å². The number of sulfonamides is 1. The lowest BCUT2D eigenvalue weighted by molar-refractivity contribution is -0.137. The zero-order valence-electron chi connectivity index (χ0n) is 23.8. The lowest BCUT2D eigenvalue weighted by Crippen LogP contribution is -2.39. The molecular weight excluding hydrogens is 552 g/mol. The molecule has 1 aromatic carbocycles. The third-order valence-electron chi connectivity index (χ3n) is 9.14. The molecule has 2 fully saturated rings. The summed E-state index contributed by atoms with van der Waals surface area (Å²) in [5, 5.41) is 18.8. The Morgan fingerprint density at radius 3 is 2.74 bits per heavy atom. The van der Waals surface area contributed by atoms with Crippen LogP contribution in [0, 0.1) is 13.8 Å². The molecule has 7 rings (SSSR count). The molecule has 1 saturated carbocycles. The number of anilines is 1. The fourth-order valence-corrected chi connectivity index (χ4v) is 8.30. The molecule has 3 aromatic heterocycles. The number of carbonyl (C=O) groups is 1. The normalized spacial score (nSPS) is 20.7. The first-order valence-corrected chi connectivity index (χ1v) is 16.0. The van der Waals surface area contributed by atoms with Crippen LogP contribution in [0.25, 0.3) is 5.65 Å². The predicted octanol–water partition coefficient (Wildman–Crippen LogP) is 4.40. The van der Waals surface area contributed by atoms with Crippen LogP contribution in [0.5, 0.6) is 0 Å². The minimum atomic E-state index is -3.79. The standard InChI is InChI=1S/C31H34N6O4S/c1-19-7-8-22(26(16-28(38)39)25-11-14-37-29(20(25)2)33-34-30(37)21-9-10-21)15-23(19)17-35-18-24-5-4-13-36(24)31-27(42(35,40)41)6-3-12-32-31/h3,6-8,11-12,14-15,21,24,26H,4-5,9-10,13,16-18H2,1-2H3,(H,38,39)/t24-,26?/m1/s1. The lowest BCUT2D eigenvalue weighted by atomic mass is 9.85. The highest BCUT2D eigenvalue weighted by Crippen LogP contribution is 2.41. The molecule has 11 heteroatoms. The zero-order valence-corrected chi connectivity index (χ0v) is 24.6. The van der Waals surface area contributed by atoms with Gasteiger partial charge in [-0.2, -0.15) is 4.31 Å². The molecule has 4 aromatic rings. The van der Waals surface area contributed by atoms with Gasteiger partial charge >= 0.3 is 5.97 Å². The number of rotatable bonds is 7. The third kappa shape index (κ3) is 4.55. The first-order chi connectivity index (χ1) is 20.2. The van der Waals surface area contributed by atoms with Gasteiger partial charge in [-0.3, -0.25) is 9.20 Å². The Bertz CT molecular complexity index is 1820. The molecule has 0 spiro atoms. The fourth-order valence-electron chi connectivity index (χ4n) is 6.69. The van der Waals surface area contributed by atoms with Crippen molar-refractivity contribution in [3.8, 4) is 0 Å². The van der Waals surface area contributed by atoms with Gasteiger partial charge < -0.3 is 10.0 Å². The molecule has 0 radical (unpaired) electrons. The Morgan fingerprint density at radius 2 is 1.95 bits per heavy atom. The summed E-state index contributed by atoms with van der Waals surface area (Å²) in [7, 11) is -3.79. The van der Waals surface area contributed by atoms with Crippen molar-refractivity contribution in [1.82, 2.24) is 23.9 Å². The Hall–Kier alpha value is -3.83. The number of fused-ring (bicyclic) bond motifs is 4. The maximum atomic E-state index is 13.9. The minimum absolute atomic E-state index is 0.0669. The Morgan fingerprint density at radius 1 is 1.12 bits per heavy atom. The smallest absolute Gasteiger partial charge is 0.304 e. The summed E-state index contributed by atoms with van der Waals surface area (Å²) in [6, 6.07) is 11.3. The maximum absolute atomic E-state index is 13.9. The van der Waals surface area contributed by atoms with Crippen molar-refractivity contribution >= 4 is 27.5 Å². The van der Waals surface area contributed by atoms with Crippen LogP contribution in [0.2, 0.25) is 0 Å². The molecule has 42 heavy (non-hydrogen) atoms. The van der Waals surface area contributed by atoms with Crippen molar-refractivity contribution in [2.45, 2.75) is 75.3 Å². The number of hydrogen-bond donors (Lipinski definition) is 1. The molecule has 5 heterocycles. The summed E-state index contributed by atoms with van der Waals surface area (Å²) in [6.45, 7) is 5.32. The van der Waals surface area contributed by atoms with Crippen molar-refractivity contribution in [1.29, 1.82) is 0 Å². The number of aromatic nitrogens is 4. The molecule has 3 aliphatic rings. The number of carboxylic acids is 1. The summed E-state index contributed by atoms with van der Waals surface area (Å²) in [5.74, 6) is 0.613. The molecule has 1 aliphatic carbocycles. The summed E-state index contributed by atoms with van der Waals surface area (Å²) < 4.78 is 31.5. The summed E-state index contributed by atoms with van der Waals surface area (Å²) in [6.07, 6.45) is 7.65. The summed E-state index contributed by atoms with van der Waals surface area (Å²) in [5.41, 5.74) is 5.20. The molecule has 218 valence electrons. The molecule has 2 atom stereocenters. The Balaban J connectivity index is 1.27. The van der Waals surface area contributed by atoms with E-state index in [9.17, 15) is 18.3 Å². The van der Waals surface area contributed by atoms with E-state index in [1.807, 2.05) is 48.7 Å². The molecule has 10 nitrogen and oxygen atoms in total. The van der Waals surface area contributed by atoms with Gasteiger partial charge in [-0.25, -0.2) is 13.4 Å². The average molecular weight is 587 g/mol. The second-order valence-corrected chi connectivity index (χ2v) is 13.8. The van der Waals surface area contributed by atoms with Crippen LogP contribution in [0.1, 0.15) is 77.6 Å². The van der Waals surface area contributed by atoms with Crippen molar-refractivity contribution in [3.63, 3.8) is 0 Å². The first-order valence-electron chi connectivity index (χ1n) is 14.6. The van der Waals surface area contributed by atoms with Crippen molar-refractivity contribution in [2.24, 2.45) is 0 Å². The van der Waals surface area contributed by atoms with Crippen LogP contribution in [0.3, 0.4) is 0 Å². The maximum Gasteiger partial charge on any atom is 0.304 e. The highest BCUT2D eigenvalue weighted by molar-refractivity contribution is 7.89. The summed E-state index contributed by atoms with van der Waals surface area (Å²) in [4.78, 5) is 19.0. The number of pyridine rings is 2. The van der Waals surface area contributed by atoms with Gasteiger partial charge in [-0.1, -0.05) is 18.2 Å². The predicted molar refractivity (Wildman–Crippen MR) is 157 cm³/mol. The quantitative estimate of drug-likeness (QED) is 0.338. The van der Waals surface area contributed by atoms with Crippen LogP contribution in [0.4, 0.5) is 5.82 Å². The van der Waals surface area contributed by atoms with Crippen molar-refractivity contribution in [2.75, 3.05) is 18.0 Å². The average Bonchev–Trinajstić information content (AvgIpc) is 3.56. The second-order valence-electron chi connectivity index (χ2n) is 11.9. The van der Waals surface area contributed by atoms with Gasteiger partial charge in [0.15, 0.2) is 5.65 Å². The second kappa shape index (κ2) is 10.2. The number of aliphatic carboxylic acids is 1. The number of nitrogens with zero attached hydrogens (tertiary/aromatic N) is 6. The highest BCUT2D eigenvalue weighted by Gasteiger charge is 2.40. The van der Waals surface area contributed by atoms with Gasteiger partial charge in [-0.15, -0.1) is 10.2 Å². The van der Waals surface area contributed by atoms with E-state index in [1.165, 1.54) is 0 Å². The van der Waals surface area contributed by atoms with E-state index in [2.05, 4.69) is 20.1 Å². The Labute approximate surface area is 245 Å². The SMILES string of the molecule is Cc1ccc(C(CC(=O)O)c2ccn3c(C4CC4)nnc3c2C)cc1CN1C[C@H]2CCCN2c2ncccc2S1(=O)=O. The van der Waals surface area contributed by atoms with Crippen LogP contribution < -0.4 is 4.90 Å². The van der Waals surface area contributed by atoms with E-state index >= 15 is 0 Å². The topological polar surface area (TPSA) is 121 Å². The fraction of sp³-hybridized carbons (Fsp3) is 0.419. The van der Waals surface area contributed by atoms with E-state index in [4.69, 9.17) is 0 Å². The molecule has 1 saturated heterocycles. The molecule has 1 unspecified atom stereocenters. The van der Waals surface area contributed by atoms with E-state index in [0.717, 1.165) is 71.5 Å².